The molecule has 0 saturated carbocycles. The van der Waals surface area contributed by atoms with Crippen molar-refractivity contribution < 1.29 is 9.84 Å². The number of nitrogens with zero attached hydrogens (tertiary/aromatic N) is 1. The Balaban J connectivity index is 2.72. The average molecular weight is 224 g/mol. The third kappa shape index (κ3) is 3.40. The quantitative estimate of drug-likeness (QED) is 0.733. The highest BCUT2D eigenvalue weighted by Crippen LogP contribution is 2.21. The molecule has 4 heteroatoms. The van der Waals surface area contributed by atoms with Crippen molar-refractivity contribution in [2.45, 2.75) is 13.0 Å². The van der Waals surface area contributed by atoms with E-state index in [1.165, 1.54) is 0 Å². The van der Waals surface area contributed by atoms with Gasteiger partial charge in [-0.05, 0) is 24.6 Å². The molecule has 0 saturated heterocycles. The van der Waals surface area contributed by atoms with Crippen LogP contribution in [-0.2, 0) is 4.74 Å². The number of aliphatic hydroxyl groups excluding tert-OH is 1. The van der Waals surface area contributed by atoms with Gasteiger partial charge in [-0.25, -0.2) is 0 Å². The van der Waals surface area contributed by atoms with Crippen molar-refractivity contribution >= 4 is 11.4 Å². The lowest BCUT2D eigenvalue weighted by atomic mass is 10.1. The first kappa shape index (κ1) is 12.8. The first-order chi connectivity index (χ1) is 7.54. The summed E-state index contributed by atoms with van der Waals surface area (Å²) in [7, 11) is 3.51. The molecule has 0 bridgehead atoms. The highest BCUT2D eigenvalue weighted by Gasteiger charge is 2.10. The van der Waals surface area contributed by atoms with Crippen LogP contribution in [0.25, 0.3) is 0 Å². The van der Waals surface area contributed by atoms with Crippen LogP contribution in [0.5, 0.6) is 0 Å². The molecular formula is C12H20N2O2. The SMILES string of the molecule is COCC(O)CN(C)c1cc(N)ccc1C. The van der Waals surface area contributed by atoms with Crippen molar-refractivity contribution in [3.8, 4) is 0 Å². The Morgan fingerprint density at radius 1 is 1.50 bits per heavy atom. The van der Waals surface area contributed by atoms with E-state index in [4.69, 9.17) is 10.5 Å². The smallest absolute Gasteiger partial charge is 0.0947 e. The van der Waals surface area contributed by atoms with Gasteiger partial charge in [-0.2, -0.15) is 0 Å². The molecular weight excluding hydrogens is 204 g/mol. The number of rotatable bonds is 5. The summed E-state index contributed by atoms with van der Waals surface area (Å²) in [6.07, 6.45) is -0.490. The number of aliphatic hydroxyl groups is 1. The molecule has 1 aromatic rings. The van der Waals surface area contributed by atoms with Gasteiger partial charge in [0.05, 0.1) is 12.7 Å². The average Bonchev–Trinajstić information content (AvgIpc) is 2.21. The van der Waals surface area contributed by atoms with Gasteiger partial charge in [0.15, 0.2) is 0 Å². The molecule has 0 aromatic heterocycles. The lowest BCUT2D eigenvalue weighted by molar-refractivity contribution is 0.0695. The monoisotopic (exact) mass is 224 g/mol. The molecule has 1 aromatic carbocycles. The predicted molar refractivity (Wildman–Crippen MR) is 66.7 cm³/mol. The highest BCUT2D eigenvalue weighted by molar-refractivity contribution is 5.60. The zero-order valence-electron chi connectivity index (χ0n) is 10.1. The molecule has 0 spiro atoms. The van der Waals surface area contributed by atoms with E-state index in [0.717, 1.165) is 16.9 Å². The van der Waals surface area contributed by atoms with E-state index in [2.05, 4.69) is 0 Å². The zero-order valence-corrected chi connectivity index (χ0v) is 10.1. The van der Waals surface area contributed by atoms with Crippen molar-refractivity contribution in [1.82, 2.24) is 0 Å². The van der Waals surface area contributed by atoms with E-state index in [0.29, 0.717) is 13.2 Å². The van der Waals surface area contributed by atoms with Crippen LogP contribution in [0.3, 0.4) is 0 Å². The fraction of sp³-hybridized carbons (Fsp3) is 0.500. The maximum atomic E-state index is 9.64. The maximum Gasteiger partial charge on any atom is 0.0947 e. The number of nitrogen functional groups attached to an aromatic ring is 1. The number of hydrogen-bond acceptors (Lipinski definition) is 4. The van der Waals surface area contributed by atoms with Gasteiger partial charge in [0, 0.05) is 32.1 Å². The van der Waals surface area contributed by atoms with E-state index >= 15 is 0 Å². The van der Waals surface area contributed by atoms with Gasteiger partial charge in [-0.3, -0.25) is 0 Å². The second kappa shape index (κ2) is 5.72. The number of nitrogens with two attached hydrogens (primary N) is 1. The number of anilines is 2. The maximum absolute atomic E-state index is 9.64. The number of benzene rings is 1. The number of hydrogen-bond donors (Lipinski definition) is 2. The first-order valence-electron chi connectivity index (χ1n) is 5.29. The summed E-state index contributed by atoms with van der Waals surface area (Å²) in [5.74, 6) is 0. The van der Waals surface area contributed by atoms with E-state index < -0.39 is 6.10 Å². The van der Waals surface area contributed by atoms with Crippen LogP contribution >= 0.6 is 0 Å². The fourth-order valence-electron chi connectivity index (χ4n) is 1.70. The van der Waals surface area contributed by atoms with Crippen LogP contribution in [-0.4, -0.2) is 38.5 Å². The summed E-state index contributed by atoms with van der Waals surface area (Å²) in [5, 5.41) is 9.64. The van der Waals surface area contributed by atoms with Crippen molar-refractivity contribution in [3.05, 3.63) is 23.8 Å². The molecule has 0 heterocycles. The number of ether oxygens (including phenoxy) is 1. The van der Waals surface area contributed by atoms with Crippen LogP contribution in [0.4, 0.5) is 11.4 Å². The zero-order chi connectivity index (χ0) is 12.1. The minimum atomic E-state index is -0.490. The summed E-state index contributed by atoms with van der Waals surface area (Å²) in [4.78, 5) is 1.98. The molecule has 90 valence electrons. The van der Waals surface area contributed by atoms with Gasteiger partial charge in [0.25, 0.3) is 0 Å². The molecule has 0 amide bonds. The minimum Gasteiger partial charge on any atom is -0.399 e. The van der Waals surface area contributed by atoms with Crippen molar-refractivity contribution in [2.24, 2.45) is 0 Å². The lowest BCUT2D eigenvalue weighted by Crippen LogP contribution is -2.32. The predicted octanol–water partition coefficient (Wildman–Crippen LogP) is 1.02. The van der Waals surface area contributed by atoms with Gasteiger partial charge in [0.2, 0.25) is 0 Å². The van der Waals surface area contributed by atoms with Crippen LogP contribution in [0.15, 0.2) is 18.2 Å². The largest absolute Gasteiger partial charge is 0.399 e. The normalized spacial score (nSPS) is 12.5. The molecule has 16 heavy (non-hydrogen) atoms. The molecule has 1 rings (SSSR count). The molecule has 1 unspecified atom stereocenters. The summed E-state index contributed by atoms with van der Waals surface area (Å²) in [5.41, 5.74) is 8.65. The Labute approximate surface area is 96.6 Å². The fourth-order valence-corrected chi connectivity index (χ4v) is 1.70. The lowest BCUT2D eigenvalue weighted by Gasteiger charge is -2.24. The summed E-state index contributed by atoms with van der Waals surface area (Å²) < 4.78 is 4.89. The molecule has 4 nitrogen and oxygen atoms in total. The molecule has 3 N–H and O–H groups in total. The molecule has 0 radical (unpaired) electrons. The van der Waals surface area contributed by atoms with Crippen LogP contribution in [0, 0.1) is 6.92 Å². The third-order valence-corrected chi connectivity index (χ3v) is 2.49. The third-order valence-electron chi connectivity index (χ3n) is 2.49. The summed E-state index contributed by atoms with van der Waals surface area (Å²) in [6.45, 7) is 2.89. The van der Waals surface area contributed by atoms with Crippen molar-refractivity contribution in [2.75, 3.05) is 37.9 Å². The van der Waals surface area contributed by atoms with Crippen LogP contribution in [0.1, 0.15) is 5.56 Å². The van der Waals surface area contributed by atoms with Crippen LogP contribution in [0.2, 0.25) is 0 Å². The molecule has 0 aliphatic rings. The second-order valence-corrected chi connectivity index (χ2v) is 4.04. The van der Waals surface area contributed by atoms with E-state index in [9.17, 15) is 5.11 Å². The Hall–Kier alpha value is -1.26. The van der Waals surface area contributed by atoms with Crippen molar-refractivity contribution in [3.63, 3.8) is 0 Å². The molecule has 0 fully saturated rings. The summed E-state index contributed by atoms with van der Waals surface area (Å²) >= 11 is 0. The van der Waals surface area contributed by atoms with Crippen molar-refractivity contribution in [1.29, 1.82) is 0 Å². The van der Waals surface area contributed by atoms with E-state index in [1.54, 1.807) is 7.11 Å². The number of methoxy groups -OCH3 is 1. The van der Waals surface area contributed by atoms with Gasteiger partial charge in [-0.1, -0.05) is 6.07 Å². The van der Waals surface area contributed by atoms with Gasteiger partial charge >= 0.3 is 0 Å². The second-order valence-electron chi connectivity index (χ2n) is 4.04. The van der Waals surface area contributed by atoms with Crippen LogP contribution < -0.4 is 10.6 Å². The number of likely N-dealkylation sites (N-methyl/N-ethyl adjacent to an activating group) is 1. The Morgan fingerprint density at radius 3 is 2.81 bits per heavy atom. The highest BCUT2D eigenvalue weighted by atomic mass is 16.5. The van der Waals surface area contributed by atoms with Gasteiger partial charge in [0.1, 0.15) is 0 Å². The molecule has 0 aliphatic heterocycles. The van der Waals surface area contributed by atoms with Gasteiger partial charge < -0.3 is 20.5 Å². The molecule has 0 aliphatic carbocycles. The van der Waals surface area contributed by atoms with Gasteiger partial charge in [-0.15, -0.1) is 0 Å². The Morgan fingerprint density at radius 2 is 2.19 bits per heavy atom. The summed E-state index contributed by atoms with van der Waals surface area (Å²) in [6, 6.07) is 5.76. The molecule has 1 atom stereocenters. The van der Waals surface area contributed by atoms with E-state index in [-0.39, 0.29) is 0 Å². The Kier molecular flexibility index (Phi) is 4.58. The topological polar surface area (TPSA) is 58.7 Å². The number of aryl methyl sites for hydroxylation is 1. The standard InChI is InChI=1S/C12H20N2O2/c1-9-4-5-10(13)6-12(9)14(2)7-11(15)8-16-3/h4-6,11,15H,7-8,13H2,1-3H3. The Bertz CT molecular complexity index is 342. The van der Waals surface area contributed by atoms with E-state index in [1.807, 2.05) is 37.1 Å². The first-order valence-corrected chi connectivity index (χ1v) is 5.29. The minimum absolute atomic E-state index is 0.339.